The SMILES string of the molecule is COc1ccccc1OCCN(C)C(=O)c1csc(CCN)n1.Cl. The normalized spacial score (nSPS) is 9.96. The fourth-order valence-corrected chi connectivity index (χ4v) is 2.76. The van der Waals surface area contributed by atoms with Gasteiger partial charge in [0, 0.05) is 18.8 Å². The van der Waals surface area contributed by atoms with Crippen LogP contribution in [0.3, 0.4) is 0 Å². The lowest BCUT2D eigenvalue weighted by atomic mass is 10.3. The zero-order chi connectivity index (χ0) is 16.7. The quantitative estimate of drug-likeness (QED) is 0.769. The molecule has 2 aromatic rings. The molecule has 0 aliphatic carbocycles. The molecule has 0 spiro atoms. The van der Waals surface area contributed by atoms with Crippen LogP contribution < -0.4 is 15.2 Å². The summed E-state index contributed by atoms with van der Waals surface area (Å²) < 4.78 is 10.9. The molecule has 6 nitrogen and oxygen atoms in total. The van der Waals surface area contributed by atoms with E-state index in [4.69, 9.17) is 15.2 Å². The summed E-state index contributed by atoms with van der Waals surface area (Å²) in [6, 6.07) is 7.42. The van der Waals surface area contributed by atoms with Gasteiger partial charge in [-0.15, -0.1) is 23.7 Å². The Hall–Kier alpha value is -1.83. The van der Waals surface area contributed by atoms with Gasteiger partial charge in [0.1, 0.15) is 12.3 Å². The van der Waals surface area contributed by atoms with Crippen molar-refractivity contribution in [3.05, 3.63) is 40.3 Å². The van der Waals surface area contributed by atoms with E-state index in [1.807, 2.05) is 24.3 Å². The average molecular weight is 372 g/mol. The molecule has 2 rings (SSSR count). The molecule has 0 radical (unpaired) electrons. The first-order valence-electron chi connectivity index (χ1n) is 7.31. The third kappa shape index (κ3) is 5.36. The molecule has 0 atom stereocenters. The third-order valence-corrected chi connectivity index (χ3v) is 4.14. The van der Waals surface area contributed by atoms with Gasteiger partial charge in [-0.05, 0) is 18.7 Å². The largest absolute Gasteiger partial charge is 0.493 e. The van der Waals surface area contributed by atoms with Gasteiger partial charge in [-0.2, -0.15) is 0 Å². The number of rotatable bonds is 8. The van der Waals surface area contributed by atoms with Crippen LogP contribution in [0.5, 0.6) is 11.5 Å². The number of carbonyl (C=O) groups is 1. The molecule has 0 unspecified atom stereocenters. The van der Waals surface area contributed by atoms with Crippen molar-refractivity contribution in [1.29, 1.82) is 0 Å². The predicted molar refractivity (Wildman–Crippen MR) is 97.6 cm³/mol. The number of hydrogen-bond donors (Lipinski definition) is 1. The number of ether oxygens (including phenoxy) is 2. The number of nitrogens with two attached hydrogens (primary N) is 1. The maximum atomic E-state index is 12.3. The average Bonchev–Trinajstić information content (AvgIpc) is 3.03. The molecule has 132 valence electrons. The van der Waals surface area contributed by atoms with Crippen molar-refractivity contribution in [1.82, 2.24) is 9.88 Å². The van der Waals surface area contributed by atoms with Gasteiger partial charge in [0.25, 0.3) is 5.91 Å². The van der Waals surface area contributed by atoms with Crippen LogP contribution in [0.4, 0.5) is 0 Å². The first-order chi connectivity index (χ1) is 11.2. The minimum atomic E-state index is -0.117. The lowest BCUT2D eigenvalue weighted by molar-refractivity contribution is 0.0768. The highest BCUT2D eigenvalue weighted by Gasteiger charge is 2.15. The molecule has 2 N–H and O–H groups in total. The van der Waals surface area contributed by atoms with Crippen molar-refractivity contribution in [2.45, 2.75) is 6.42 Å². The van der Waals surface area contributed by atoms with Gasteiger partial charge < -0.3 is 20.1 Å². The summed E-state index contributed by atoms with van der Waals surface area (Å²) in [5.41, 5.74) is 5.95. The number of para-hydroxylation sites is 2. The van der Waals surface area contributed by atoms with E-state index < -0.39 is 0 Å². The Morgan fingerprint density at radius 2 is 2.04 bits per heavy atom. The molecule has 1 aromatic heterocycles. The van der Waals surface area contributed by atoms with Crippen molar-refractivity contribution in [2.24, 2.45) is 5.73 Å². The second kappa shape index (κ2) is 10.1. The fourth-order valence-electron chi connectivity index (χ4n) is 1.98. The molecular weight excluding hydrogens is 350 g/mol. The van der Waals surface area contributed by atoms with Gasteiger partial charge >= 0.3 is 0 Å². The highest BCUT2D eigenvalue weighted by Crippen LogP contribution is 2.25. The topological polar surface area (TPSA) is 77.7 Å². The maximum Gasteiger partial charge on any atom is 0.273 e. The summed E-state index contributed by atoms with van der Waals surface area (Å²) in [7, 11) is 3.33. The van der Waals surface area contributed by atoms with Gasteiger partial charge in [0.15, 0.2) is 11.5 Å². The Morgan fingerprint density at radius 1 is 1.33 bits per heavy atom. The number of benzene rings is 1. The minimum Gasteiger partial charge on any atom is -0.493 e. The van der Waals surface area contributed by atoms with Crippen LogP contribution in [-0.4, -0.2) is 49.6 Å². The van der Waals surface area contributed by atoms with E-state index in [1.165, 1.54) is 11.3 Å². The van der Waals surface area contributed by atoms with Gasteiger partial charge in [0.2, 0.25) is 0 Å². The van der Waals surface area contributed by atoms with E-state index in [9.17, 15) is 4.79 Å². The summed E-state index contributed by atoms with van der Waals surface area (Å²) in [4.78, 5) is 18.2. The van der Waals surface area contributed by atoms with Gasteiger partial charge in [-0.1, -0.05) is 12.1 Å². The van der Waals surface area contributed by atoms with Crippen LogP contribution in [-0.2, 0) is 6.42 Å². The number of thiazole rings is 1. The standard InChI is InChI=1S/C16H21N3O3S.ClH/c1-19(16(20)12-11-23-15(18-12)7-8-17)9-10-22-14-6-4-3-5-13(14)21-2;/h3-6,11H,7-10,17H2,1-2H3;1H. The van der Waals surface area contributed by atoms with E-state index in [2.05, 4.69) is 4.98 Å². The zero-order valence-corrected chi connectivity index (χ0v) is 15.4. The molecule has 1 heterocycles. The summed E-state index contributed by atoms with van der Waals surface area (Å²) in [5.74, 6) is 1.22. The van der Waals surface area contributed by atoms with Crippen molar-refractivity contribution in [3.63, 3.8) is 0 Å². The van der Waals surface area contributed by atoms with E-state index in [-0.39, 0.29) is 18.3 Å². The number of carbonyl (C=O) groups excluding carboxylic acids is 1. The smallest absolute Gasteiger partial charge is 0.273 e. The van der Waals surface area contributed by atoms with E-state index in [1.54, 1.807) is 24.4 Å². The molecular formula is C16H22ClN3O3S. The number of nitrogens with zero attached hydrogens (tertiary/aromatic N) is 2. The number of methoxy groups -OCH3 is 1. The number of amides is 1. The van der Waals surface area contributed by atoms with Crippen molar-refractivity contribution >= 4 is 29.7 Å². The Bertz CT molecular complexity index is 651. The molecule has 0 saturated heterocycles. The lowest BCUT2D eigenvalue weighted by Crippen LogP contribution is -2.31. The molecule has 1 amide bonds. The second-order valence-corrected chi connectivity index (χ2v) is 5.83. The lowest BCUT2D eigenvalue weighted by Gasteiger charge is -2.17. The second-order valence-electron chi connectivity index (χ2n) is 4.89. The molecule has 0 saturated carbocycles. The minimum absolute atomic E-state index is 0. The molecule has 0 fully saturated rings. The van der Waals surface area contributed by atoms with Gasteiger partial charge in [0.05, 0.1) is 18.7 Å². The van der Waals surface area contributed by atoms with Crippen LogP contribution >= 0.6 is 23.7 Å². The monoisotopic (exact) mass is 371 g/mol. The van der Waals surface area contributed by atoms with Crippen LogP contribution in [0.2, 0.25) is 0 Å². The number of halogens is 1. The first kappa shape index (κ1) is 20.2. The first-order valence-corrected chi connectivity index (χ1v) is 8.19. The van der Waals surface area contributed by atoms with Crippen LogP contribution in [0.15, 0.2) is 29.6 Å². The molecule has 0 bridgehead atoms. The van der Waals surface area contributed by atoms with E-state index in [0.29, 0.717) is 43.3 Å². The van der Waals surface area contributed by atoms with Gasteiger partial charge in [-0.3, -0.25) is 4.79 Å². The molecule has 0 aliphatic heterocycles. The molecule has 24 heavy (non-hydrogen) atoms. The molecule has 8 heteroatoms. The van der Waals surface area contributed by atoms with Crippen LogP contribution in [0, 0.1) is 0 Å². The van der Waals surface area contributed by atoms with Crippen molar-refractivity contribution in [2.75, 3.05) is 33.9 Å². The zero-order valence-electron chi connectivity index (χ0n) is 13.7. The van der Waals surface area contributed by atoms with Gasteiger partial charge in [-0.25, -0.2) is 4.98 Å². The van der Waals surface area contributed by atoms with Crippen LogP contribution in [0.25, 0.3) is 0 Å². The predicted octanol–water partition coefficient (Wildman–Crippen LogP) is 2.23. The molecule has 0 aliphatic rings. The summed E-state index contributed by atoms with van der Waals surface area (Å²) in [6.45, 7) is 1.37. The highest BCUT2D eigenvalue weighted by molar-refractivity contribution is 7.09. The highest BCUT2D eigenvalue weighted by atomic mass is 35.5. The third-order valence-electron chi connectivity index (χ3n) is 3.23. The van der Waals surface area contributed by atoms with Crippen LogP contribution in [0.1, 0.15) is 15.5 Å². The number of likely N-dealkylation sites (N-methyl/N-ethyl adjacent to an activating group) is 1. The van der Waals surface area contributed by atoms with Crippen molar-refractivity contribution < 1.29 is 14.3 Å². The summed E-state index contributed by atoms with van der Waals surface area (Å²) >= 11 is 1.46. The van der Waals surface area contributed by atoms with E-state index >= 15 is 0 Å². The Morgan fingerprint density at radius 3 is 2.71 bits per heavy atom. The molecule has 1 aromatic carbocycles. The Labute approximate surface area is 152 Å². The van der Waals surface area contributed by atoms with Crippen molar-refractivity contribution in [3.8, 4) is 11.5 Å². The Kier molecular flexibility index (Phi) is 8.53. The number of aromatic nitrogens is 1. The fraction of sp³-hybridized carbons (Fsp3) is 0.375. The Balaban J connectivity index is 0.00000288. The maximum absolute atomic E-state index is 12.3. The number of hydrogen-bond acceptors (Lipinski definition) is 6. The summed E-state index contributed by atoms with van der Waals surface area (Å²) in [6.07, 6.45) is 0.693. The van der Waals surface area contributed by atoms with E-state index in [0.717, 1.165) is 5.01 Å². The summed E-state index contributed by atoms with van der Waals surface area (Å²) in [5, 5.41) is 2.65.